The molecule has 5 nitrogen and oxygen atoms in total. The van der Waals surface area contributed by atoms with Gasteiger partial charge in [-0.2, -0.15) is 0 Å². The molecule has 0 spiro atoms. The van der Waals surface area contributed by atoms with Crippen LogP contribution < -0.4 is 4.74 Å². The summed E-state index contributed by atoms with van der Waals surface area (Å²) < 4.78 is 29.1. The van der Waals surface area contributed by atoms with Crippen LogP contribution in [0.3, 0.4) is 0 Å². The van der Waals surface area contributed by atoms with Crippen molar-refractivity contribution in [3.05, 3.63) is 29.8 Å². The third kappa shape index (κ3) is 4.50. The van der Waals surface area contributed by atoms with Gasteiger partial charge in [-0.1, -0.05) is 39.0 Å². The van der Waals surface area contributed by atoms with E-state index in [-0.39, 0.29) is 35.5 Å². The van der Waals surface area contributed by atoms with E-state index in [1.165, 1.54) is 0 Å². The summed E-state index contributed by atoms with van der Waals surface area (Å²) in [5, 5.41) is 0. The maximum atomic E-state index is 12.5. The zero-order valence-corrected chi connectivity index (χ0v) is 15.7. The summed E-state index contributed by atoms with van der Waals surface area (Å²) in [4.78, 5) is 14.1. The number of ether oxygens (including phenoxy) is 1. The van der Waals surface area contributed by atoms with E-state index in [1.807, 2.05) is 31.2 Å². The molecule has 1 unspecified atom stereocenters. The van der Waals surface area contributed by atoms with Gasteiger partial charge in [0.05, 0.1) is 11.5 Å². The van der Waals surface area contributed by atoms with Gasteiger partial charge in [-0.25, -0.2) is 8.42 Å². The number of sulfone groups is 1. The first-order chi connectivity index (χ1) is 11.1. The molecule has 0 aromatic heterocycles. The van der Waals surface area contributed by atoms with Crippen LogP contribution in [0.15, 0.2) is 24.3 Å². The fourth-order valence-electron chi connectivity index (χ4n) is 3.09. The summed E-state index contributed by atoms with van der Waals surface area (Å²) in [6, 6.07) is 7.48. The number of hydrogen-bond donors (Lipinski definition) is 0. The molecule has 1 atom stereocenters. The van der Waals surface area contributed by atoms with Crippen molar-refractivity contribution in [3.63, 3.8) is 0 Å². The molecule has 0 bridgehead atoms. The standard InChI is InChI=1S/C18H27NO4S/c1-5-19(14-10-11-24(21,22)13-14)17(20)12-23-16-9-7-6-8-15(16)18(2,3)4/h6-9,14H,5,10-13H2,1-4H3. The van der Waals surface area contributed by atoms with Gasteiger partial charge in [0.25, 0.3) is 5.91 Å². The summed E-state index contributed by atoms with van der Waals surface area (Å²) in [7, 11) is -3.01. The van der Waals surface area contributed by atoms with Crippen LogP contribution in [0.5, 0.6) is 5.75 Å². The summed E-state index contributed by atoms with van der Waals surface area (Å²) in [6.07, 6.45) is 0.514. The second-order valence-corrected chi connectivity index (χ2v) is 9.50. The van der Waals surface area contributed by atoms with E-state index in [1.54, 1.807) is 4.90 Å². The maximum Gasteiger partial charge on any atom is 0.260 e. The molecular weight excluding hydrogens is 326 g/mol. The molecule has 0 saturated carbocycles. The molecule has 1 saturated heterocycles. The van der Waals surface area contributed by atoms with E-state index in [0.717, 1.165) is 5.56 Å². The summed E-state index contributed by atoms with van der Waals surface area (Å²) in [5.74, 6) is 0.761. The fourth-order valence-corrected chi connectivity index (χ4v) is 4.82. The molecule has 1 fully saturated rings. The van der Waals surface area contributed by atoms with Crippen molar-refractivity contribution >= 4 is 15.7 Å². The second-order valence-electron chi connectivity index (χ2n) is 7.27. The molecule has 134 valence electrons. The number of likely N-dealkylation sites (N-methyl/N-ethyl adjacent to an activating group) is 1. The molecule has 0 radical (unpaired) electrons. The average molecular weight is 353 g/mol. The van der Waals surface area contributed by atoms with E-state index in [2.05, 4.69) is 20.8 Å². The van der Waals surface area contributed by atoms with Crippen LogP contribution >= 0.6 is 0 Å². The van der Waals surface area contributed by atoms with Crippen molar-refractivity contribution in [2.24, 2.45) is 0 Å². The lowest BCUT2D eigenvalue weighted by Crippen LogP contribution is -2.43. The molecule has 1 heterocycles. The van der Waals surface area contributed by atoms with E-state index in [4.69, 9.17) is 4.74 Å². The molecule has 1 aliphatic heterocycles. The number of amides is 1. The van der Waals surface area contributed by atoms with E-state index < -0.39 is 9.84 Å². The normalized spacial score (nSPS) is 19.9. The van der Waals surface area contributed by atoms with Gasteiger partial charge in [-0.05, 0) is 30.4 Å². The first kappa shape index (κ1) is 18.8. The number of nitrogens with zero attached hydrogens (tertiary/aromatic N) is 1. The van der Waals surface area contributed by atoms with Gasteiger partial charge in [-0.15, -0.1) is 0 Å². The van der Waals surface area contributed by atoms with Crippen LogP contribution in [0.25, 0.3) is 0 Å². The molecule has 0 aliphatic carbocycles. The van der Waals surface area contributed by atoms with Crippen molar-refractivity contribution in [1.29, 1.82) is 0 Å². The highest BCUT2D eigenvalue weighted by Gasteiger charge is 2.34. The lowest BCUT2D eigenvalue weighted by Gasteiger charge is -2.27. The van der Waals surface area contributed by atoms with E-state index in [0.29, 0.717) is 18.7 Å². The van der Waals surface area contributed by atoms with Crippen molar-refractivity contribution < 1.29 is 17.9 Å². The summed E-state index contributed by atoms with van der Waals surface area (Å²) in [5.41, 5.74) is 0.966. The maximum absolute atomic E-state index is 12.5. The SMILES string of the molecule is CCN(C(=O)COc1ccccc1C(C)(C)C)C1CCS(=O)(=O)C1. The molecule has 6 heteroatoms. The largest absolute Gasteiger partial charge is 0.483 e. The number of rotatable bonds is 5. The molecule has 1 amide bonds. The van der Waals surface area contributed by atoms with Gasteiger partial charge < -0.3 is 9.64 Å². The van der Waals surface area contributed by atoms with Crippen molar-refractivity contribution in [2.75, 3.05) is 24.7 Å². The van der Waals surface area contributed by atoms with Crippen LogP contribution in [-0.2, 0) is 20.0 Å². The molecule has 0 N–H and O–H groups in total. The molecule has 1 aromatic rings. The van der Waals surface area contributed by atoms with Gasteiger partial charge in [0.15, 0.2) is 16.4 Å². The van der Waals surface area contributed by atoms with Gasteiger partial charge in [0.2, 0.25) is 0 Å². The van der Waals surface area contributed by atoms with Crippen molar-refractivity contribution in [1.82, 2.24) is 4.90 Å². The molecule has 1 aromatic carbocycles. The predicted molar refractivity (Wildman–Crippen MR) is 95.1 cm³/mol. The van der Waals surface area contributed by atoms with Crippen LogP contribution in [-0.4, -0.2) is 49.9 Å². The molecule has 1 aliphatic rings. The Morgan fingerprint density at radius 1 is 1.29 bits per heavy atom. The van der Waals surface area contributed by atoms with Gasteiger partial charge >= 0.3 is 0 Å². The highest BCUT2D eigenvalue weighted by Crippen LogP contribution is 2.31. The lowest BCUT2D eigenvalue weighted by atomic mass is 9.86. The van der Waals surface area contributed by atoms with Crippen LogP contribution in [0.1, 0.15) is 39.7 Å². The quantitative estimate of drug-likeness (QED) is 0.815. The third-order valence-electron chi connectivity index (χ3n) is 4.36. The van der Waals surface area contributed by atoms with Gasteiger partial charge in [0, 0.05) is 12.6 Å². The van der Waals surface area contributed by atoms with Gasteiger partial charge in [-0.3, -0.25) is 4.79 Å². The minimum Gasteiger partial charge on any atom is -0.483 e. The first-order valence-corrected chi connectivity index (χ1v) is 10.2. The Morgan fingerprint density at radius 2 is 1.96 bits per heavy atom. The van der Waals surface area contributed by atoms with Crippen LogP contribution in [0.4, 0.5) is 0 Å². The molecular formula is C18H27NO4S. The highest BCUT2D eigenvalue weighted by atomic mass is 32.2. The average Bonchev–Trinajstić information content (AvgIpc) is 2.85. The highest BCUT2D eigenvalue weighted by molar-refractivity contribution is 7.91. The molecule has 2 rings (SSSR count). The monoisotopic (exact) mass is 353 g/mol. The van der Waals surface area contributed by atoms with Crippen molar-refractivity contribution in [3.8, 4) is 5.75 Å². The fraction of sp³-hybridized carbons (Fsp3) is 0.611. The Bertz CT molecular complexity index is 691. The Hall–Kier alpha value is -1.56. The number of carbonyl (C=O) groups is 1. The number of para-hydroxylation sites is 1. The first-order valence-electron chi connectivity index (χ1n) is 8.36. The summed E-state index contributed by atoms with van der Waals surface area (Å²) in [6.45, 7) is 8.57. The topological polar surface area (TPSA) is 63.7 Å². The van der Waals surface area contributed by atoms with Gasteiger partial charge in [0.1, 0.15) is 5.75 Å². The van der Waals surface area contributed by atoms with Crippen LogP contribution in [0, 0.1) is 0 Å². The smallest absolute Gasteiger partial charge is 0.260 e. The Balaban J connectivity index is 2.05. The van der Waals surface area contributed by atoms with Crippen LogP contribution in [0.2, 0.25) is 0 Å². The zero-order chi connectivity index (χ0) is 18.0. The van der Waals surface area contributed by atoms with E-state index >= 15 is 0 Å². The number of benzene rings is 1. The zero-order valence-electron chi connectivity index (χ0n) is 14.9. The Labute approximate surface area is 144 Å². The van der Waals surface area contributed by atoms with E-state index in [9.17, 15) is 13.2 Å². The Morgan fingerprint density at radius 3 is 2.50 bits per heavy atom. The third-order valence-corrected chi connectivity index (χ3v) is 6.11. The number of hydrogen-bond acceptors (Lipinski definition) is 4. The minimum atomic E-state index is -3.01. The Kier molecular flexibility index (Phi) is 5.58. The molecule has 24 heavy (non-hydrogen) atoms. The minimum absolute atomic E-state index is 0.0607. The predicted octanol–water partition coefficient (Wildman–Crippen LogP) is 2.40. The second kappa shape index (κ2) is 7.13. The lowest BCUT2D eigenvalue weighted by molar-refractivity contribution is -0.135. The summed E-state index contributed by atoms with van der Waals surface area (Å²) >= 11 is 0. The number of carbonyl (C=O) groups excluding carboxylic acids is 1. The van der Waals surface area contributed by atoms with Crippen molar-refractivity contribution in [2.45, 2.75) is 45.6 Å².